The summed E-state index contributed by atoms with van der Waals surface area (Å²) in [7, 11) is 1.69. The number of ether oxygens (including phenoxy) is 2. The number of fused-ring (bicyclic) bond motifs is 1. The molecule has 1 saturated heterocycles. The zero-order chi connectivity index (χ0) is 22.7. The summed E-state index contributed by atoms with van der Waals surface area (Å²) in [6, 6.07) is 8.25. The number of hydrogen-bond donors (Lipinski definition) is 0. The molecular formula is C27H40N2O3. The Morgan fingerprint density at radius 2 is 1.88 bits per heavy atom. The first-order valence-electron chi connectivity index (χ1n) is 12.5. The summed E-state index contributed by atoms with van der Waals surface area (Å²) in [5.41, 5.74) is 2.38. The van der Waals surface area contributed by atoms with Crippen LogP contribution in [0.15, 0.2) is 30.5 Å². The van der Waals surface area contributed by atoms with Gasteiger partial charge in [0.15, 0.2) is 0 Å². The lowest BCUT2D eigenvalue weighted by Gasteiger charge is -2.37. The Balaban J connectivity index is 1.49. The highest BCUT2D eigenvalue weighted by Gasteiger charge is 2.37. The maximum atomic E-state index is 13.1. The number of carbonyl (C=O) groups is 1. The molecule has 176 valence electrons. The van der Waals surface area contributed by atoms with E-state index in [9.17, 15) is 4.79 Å². The van der Waals surface area contributed by atoms with Gasteiger partial charge in [0.1, 0.15) is 24.6 Å². The smallest absolute Gasteiger partial charge is 0.325 e. The molecule has 0 radical (unpaired) electrons. The maximum Gasteiger partial charge on any atom is 0.325 e. The van der Waals surface area contributed by atoms with E-state index in [2.05, 4.69) is 48.9 Å². The van der Waals surface area contributed by atoms with E-state index in [0.717, 1.165) is 25.1 Å². The van der Waals surface area contributed by atoms with Crippen molar-refractivity contribution in [2.24, 2.45) is 17.8 Å². The fourth-order valence-electron chi connectivity index (χ4n) is 5.79. The number of nitrogens with zero attached hydrogens (tertiary/aromatic N) is 2. The van der Waals surface area contributed by atoms with Crippen molar-refractivity contribution in [3.05, 3.63) is 36.0 Å². The van der Waals surface area contributed by atoms with Crippen LogP contribution in [-0.4, -0.2) is 48.2 Å². The number of esters is 1. The second-order valence-electron chi connectivity index (χ2n) is 10.3. The van der Waals surface area contributed by atoms with E-state index in [1.165, 1.54) is 43.4 Å². The van der Waals surface area contributed by atoms with E-state index in [4.69, 9.17) is 9.47 Å². The molecule has 0 spiro atoms. The molecule has 1 aromatic carbocycles. The van der Waals surface area contributed by atoms with Gasteiger partial charge in [-0.3, -0.25) is 4.79 Å². The highest BCUT2D eigenvalue weighted by Crippen LogP contribution is 2.37. The SMILES string of the molecule is COc1ccc(C2=CN(CC(=O)O[C@H]3C[C@H](C)CC[C@@H]3C(C)C)C3CCCCCN23)cc1. The van der Waals surface area contributed by atoms with Crippen LogP contribution in [0, 0.1) is 17.8 Å². The molecule has 0 aromatic heterocycles. The van der Waals surface area contributed by atoms with Crippen molar-refractivity contribution in [3.8, 4) is 5.75 Å². The monoisotopic (exact) mass is 440 g/mol. The van der Waals surface area contributed by atoms with Crippen molar-refractivity contribution in [1.82, 2.24) is 9.80 Å². The number of carbonyl (C=O) groups excluding carboxylic acids is 1. The van der Waals surface area contributed by atoms with Crippen LogP contribution in [-0.2, 0) is 9.53 Å². The highest BCUT2D eigenvalue weighted by molar-refractivity contribution is 5.74. The van der Waals surface area contributed by atoms with Gasteiger partial charge in [0.2, 0.25) is 0 Å². The minimum atomic E-state index is -0.0776. The fraction of sp³-hybridized carbons (Fsp3) is 0.667. The lowest BCUT2D eigenvalue weighted by molar-refractivity contribution is -0.157. The number of rotatable bonds is 6. The molecule has 5 nitrogen and oxygen atoms in total. The summed E-state index contributed by atoms with van der Waals surface area (Å²) in [4.78, 5) is 17.8. The summed E-state index contributed by atoms with van der Waals surface area (Å²) >= 11 is 0. The van der Waals surface area contributed by atoms with Crippen LogP contribution in [0.1, 0.15) is 71.3 Å². The average molecular weight is 441 g/mol. The quantitative estimate of drug-likeness (QED) is 0.545. The van der Waals surface area contributed by atoms with Crippen LogP contribution in [0.5, 0.6) is 5.75 Å². The molecule has 0 amide bonds. The van der Waals surface area contributed by atoms with E-state index in [0.29, 0.717) is 24.3 Å². The third kappa shape index (κ3) is 5.07. The van der Waals surface area contributed by atoms with E-state index < -0.39 is 0 Å². The van der Waals surface area contributed by atoms with Gasteiger partial charge < -0.3 is 19.3 Å². The zero-order valence-corrected chi connectivity index (χ0v) is 20.3. The first-order chi connectivity index (χ1) is 15.5. The Bertz CT molecular complexity index is 804. The van der Waals surface area contributed by atoms with Crippen LogP contribution in [0.2, 0.25) is 0 Å². The number of hydrogen-bond acceptors (Lipinski definition) is 5. The third-order valence-corrected chi connectivity index (χ3v) is 7.64. The van der Waals surface area contributed by atoms with Crippen LogP contribution < -0.4 is 4.74 Å². The zero-order valence-electron chi connectivity index (χ0n) is 20.3. The Hall–Kier alpha value is -2.17. The molecule has 32 heavy (non-hydrogen) atoms. The Morgan fingerprint density at radius 1 is 1.09 bits per heavy atom. The van der Waals surface area contributed by atoms with Gasteiger partial charge in [-0.2, -0.15) is 0 Å². The second kappa shape index (κ2) is 10.2. The van der Waals surface area contributed by atoms with E-state index >= 15 is 0 Å². The van der Waals surface area contributed by atoms with Crippen molar-refractivity contribution >= 4 is 11.7 Å². The molecule has 0 N–H and O–H groups in total. The Morgan fingerprint density at radius 3 is 2.59 bits per heavy atom. The number of methoxy groups -OCH3 is 1. The molecule has 1 aliphatic carbocycles. The molecule has 1 aromatic rings. The van der Waals surface area contributed by atoms with Gasteiger partial charge >= 0.3 is 5.97 Å². The van der Waals surface area contributed by atoms with Crippen LogP contribution in [0.3, 0.4) is 0 Å². The average Bonchev–Trinajstić information content (AvgIpc) is 2.94. The van der Waals surface area contributed by atoms with Crippen molar-refractivity contribution in [2.45, 2.75) is 78.0 Å². The molecule has 4 atom stereocenters. The fourth-order valence-corrected chi connectivity index (χ4v) is 5.79. The lowest BCUT2D eigenvalue weighted by Crippen LogP contribution is -2.43. The van der Waals surface area contributed by atoms with Crippen molar-refractivity contribution in [1.29, 1.82) is 0 Å². The molecule has 3 aliphatic rings. The first-order valence-corrected chi connectivity index (χ1v) is 12.5. The van der Waals surface area contributed by atoms with Gasteiger partial charge in [-0.25, -0.2) is 0 Å². The Kier molecular flexibility index (Phi) is 7.32. The van der Waals surface area contributed by atoms with Gasteiger partial charge in [0, 0.05) is 12.7 Å². The molecule has 2 fully saturated rings. The van der Waals surface area contributed by atoms with Gasteiger partial charge in [-0.15, -0.1) is 0 Å². The molecule has 2 aliphatic heterocycles. The van der Waals surface area contributed by atoms with E-state index in [1.807, 2.05) is 12.1 Å². The summed E-state index contributed by atoms with van der Waals surface area (Å²) in [6.07, 6.45) is 10.6. The summed E-state index contributed by atoms with van der Waals surface area (Å²) in [5.74, 6) is 2.45. The largest absolute Gasteiger partial charge is 0.497 e. The lowest BCUT2D eigenvalue weighted by atomic mass is 9.75. The second-order valence-corrected chi connectivity index (χ2v) is 10.3. The Labute approximate surface area is 193 Å². The standard InChI is InChI=1S/C27H40N2O3/c1-19(2)23-14-9-20(3)16-25(23)32-27(30)18-28-17-24(21-10-12-22(31-4)13-11-21)29-15-7-5-6-8-26(28)29/h10-13,17,19-20,23,25-26H,5-9,14-16,18H2,1-4H3/t20-,23-,25+,26?/m1/s1. The van der Waals surface area contributed by atoms with Gasteiger partial charge in [0.05, 0.1) is 12.8 Å². The molecule has 4 rings (SSSR count). The minimum Gasteiger partial charge on any atom is -0.497 e. The van der Waals surface area contributed by atoms with Crippen molar-refractivity contribution in [3.63, 3.8) is 0 Å². The van der Waals surface area contributed by atoms with Gasteiger partial charge in [-0.1, -0.05) is 33.6 Å². The number of benzene rings is 1. The summed E-state index contributed by atoms with van der Waals surface area (Å²) in [5, 5.41) is 0. The molecule has 0 bridgehead atoms. The van der Waals surface area contributed by atoms with Crippen LogP contribution in [0.4, 0.5) is 0 Å². The predicted octanol–water partition coefficient (Wildman–Crippen LogP) is 5.52. The third-order valence-electron chi connectivity index (χ3n) is 7.64. The highest BCUT2D eigenvalue weighted by atomic mass is 16.5. The van der Waals surface area contributed by atoms with Crippen LogP contribution in [0.25, 0.3) is 5.70 Å². The van der Waals surface area contributed by atoms with Gasteiger partial charge in [-0.05, 0) is 79.7 Å². The van der Waals surface area contributed by atoms with Crippen LogP contribution >= 0.6 is 0 Å². The molecule has 1 saturated carbocycles. The van der Waals surface area contributed by atoms with E-state index in [-0.39, 0.29) is 18.2 Å². The predicted molar refractivity (Wildman–Crippen MR) is 128 cm³/mol. The minimum absolute atomic E-state index is 0.0594. The normalized spacial score (nSPS) is 28.2. The van der Waals surface area contributed by atoms with Crippen molar-refractivity contribution < 1.29 is 14.3 Å². The van der Waals surface area contributed by atoms with Gasteiger partial charge in [0.25, 0.3) is 0 Å². The molecule has 5 heteroatoms. The maximum absolute atomic E-state index is 13.1. The van der Waals surface area contributed by atoms with E-state index in [1.54, 1.807) is 7.11 Å². The molecule has 1 unspecified atom stereocenters. The molecule has 2 heterocycles. The van der Waals surface area contributed by atoms with Crippen molar-refractivity contribution in [2.75, 3.05) is 20.2 Å². The summed E-state index contributed by atoms with van der Waals surface area (Å²) < 4.78 is 11.5. The summed E-state index contributed by atoms with van der Waals surface area (Å²) in [6.45, 7) is 8.16. The molecular weight excluding hydrogens is 400 g/mol. The topological polar surface area (TPSA) is 42.0 Å². The first kappa shape index (κ1) is 23.0.